The fourth-order valence-electron chi connectivity index (χ4n) is 3.66. The van der Waals surface area contributed by atoms with Crippen molar-refractivity contribution in [2.45, 2.75) is 64.5 Å². The minimum atomic E-state index is -2.80. The zero-order valence-electron chi connectivity index (χ0n) is 14.4. The van der Waals surface area contributed by atoms with Crippen molar-refractivity contribution in [3.8, 4) is 0 Å². The third-order valence-electron chi connectivity index (χ3n) is 5.69. The van der Waals surface area contributed by atoms with Crippen LogP contribution >= 0.6 is 0 Å². The van der Waals surface area contributed by atoms with Crippen molar-refractivity contribution in [1.82, 2.24) is 10.6 Å². The first kappa shape index (κ1) is 17.1. The second-order valence-electron chi connectivity index (χ2n) is 7.99. The third kappa shape index (κ3) is 5.10. The molecular weight excluding hydrogens is 310 g/mol. The molecule has 0 aromatic carbocycles. The lowest BCUT2D eigenvalue weighted by atomic mass is 9.79. The summed E-state index contributed by atoms with van der Waals surface area (Å²) in [6, 6.07) is 1.06. The van der Waals surface area contributed by atoms with Crippen LogP contribution in [0, 0.1) is 17.8 Å². The molecule has 2 N–H and O–H groups in total. The van der Waals surface area contributed by atoms with Gasteiger partial charge in [0.25, 0.3) is 0 Å². The highest BCUT2D eigenvalue weighted by atomic mass is 32.2. The summed E-state index contributed by atoms with van der Waals surface area (Å²) in [7, 11) is -2.80. The molecule has 5 nitrogen and oxygen atoms in total. The van der Waals surface area contributed by atoms with Gasteiger partial charge in [0.2, 0.25) is 0 Å². The normalized spacial score (nSPS) is 37.6. The minimum Gasteiger partial charge on any atom is -0.354 e. The molecule has 3 rings (SSSR count). The van der Waals surface area contributed by atoms with E-state index in [1.54, 1.807) is 0 Å². The van der Waals surface area contributed by atoms with E-state index in [0.29, 0.717) is 30.1 Å². The van der Waals surface area contributed by atoms with Crippen LogP contribution in [0.1, 0.15) is 52.4 Å². The Morgan fingerprint density at radius 1 is 1.00 bits per heavy atom. The first-order valence-electron chi connectivity index (χ1n) is 9.19. The van der Waals surface area contributed by atoms with E-state index in [9.17, 15) is 8.42 Å². The molecule has 0 bridgehead atoms. The van der Waals surface area contributed by atoms with Gasteiger partial charge in [-0.25, -0.2) is 8.42 Å². The van der Waals surface area contributed by atoms with E-state index in [-0.39, 0.29) is 5.92 Å². The maximum atomic E-state index is 11.6. The van der Waals surface area contributed by atoms with E-state index < -0.39 is 9.84 Å². The molecule has 3 aliphatic rings. The molecule has 0 radical (unpaired) electrons. The summed E-state index contributed by atoms with van der Waals surface area (Å²) in [4.78, 5) is 4.72. The van der Waals surface area contributed by atoms with Gasteiger partial charge >= 0.3 is 0 Å². The predicted molar refractivity (Wildman–Crippen MR) is 94.3 cm³/mol. The van der Waals surface area contributed by atoms with E-state index in [4.69, 9.17) is 4.99 Å². The monoisotopic (exact) mass is 341 g/mol. The zero-order valence-corrected chi connectivity index (χ0v) is 15.2. The van der Waals surface area contributed by atoms with Gasteiger partial charge in [0.1, 0.15) is 0 Å². The molecule has 4 unspecified atom stereocenters. The van der Waals surface area contributed by atoms with E-state index in [2.05, 4.69) is 24.5 Å². The van der Waals surface area contributed by atoms with Crippen LogP contribution in [0.25, 0.3) is 0 Å². The van der Waals surface area contributed by atoms with Crippen molar-refractivity contribution < 1.29 is 8.42 Å². The van der Waals surface area contributed by atoms with Gasteiger partial charge in [-0.1, -0.05) is 13.8 Å². The first-order chi connectivity index (χ1) is 10.9. The smallest absolute Gasteiger partial charge is 0.191 e. The molecule has 132 valence electrons. The third-order valence-corrected chi connectivity index (χ3v) is 7.53. The maximum absolute atomic E-state index is 11.6. The van der Waals surface area contributed by atoms with Gasteiger partial charge in [-0.3, -0.25) is 4.99 Å². The van der Waals surface area contributed by atoms with Gasteiger partial charge in [0.15, 0.2) is 15.8 Å². The summed E-state index contributed by atoms with van der Waals surface area (Å²) >= 11 is 0. The van der Waals surface area contributed by atoms with Crippen molar-refractivity contribution in [2.75, 3.05) is 18.1 Å². The van der Waals surface area contributed by atoms with Gasteiger partial charge < -0.3 is 10.6 Å². The summed E-state index contributed by atoms with van der Waals surface area (Å²) in [6.07, 6.45) is 6.88. The van der Waals surface area contributed by atoms with Crippen molar-refractivity contribution in [3.63, 3.8) is 0 Å². The Bertz CT molecular complexity index is 542. The molecule has 23 heavy (non-hydrogen) atoms. The Morgan fingerprint density at radius 3 is 2.30 bits per heavy atom. The standard InChI is InChI=1S/C17H31N3O2S/c1-12-3-4-16(9-13(12)2)20-17(19-15-5-6-15)18-10-14-7-8-23(21,22)11-14/h12-16H,3-11H2,1-2H3,(H2,18,19,20). The number of rotatable bonds is 4. The molecule has 3 fully saturated rings. The molecule has 1 aliphatic heterocycles. The first-order valence-corrected chi connectivity index (χ1v) is 11.0. The molecule has 1 saturated heterocycles. The van der Waals surface area contributed by atoms with E-state index >= 15 is 0 Å². The van der Waals surface area contributed by atoms with Crippen molar-refractivity contribution in [2.24, 2.45) is 22.7 Å². The van der Waals surface area contributed by atoms with E-state index in [0.717, 1.165) is 24.2 Å². The molecule has 0 amide bonds. The number of guanidine groups is 1. The molecule has 6 heteroatoms. The van der Waals surface area contributed by atoms with Gasteiger partial charge in [-0.15, -0.1) is 0 Å². The topological polar surface area (TPSA) is 70.6 Å². The average molecular weight is 342 g/mol. The lowest BCUT2D eigenvalue weighted by molar-refractivity contribution is 0.239. The molecule has 2 aliphatic carbocycles. The number of nitrogens with one attached hydrogen (secondary N) is 2. The Kier molecular flexibility index (Phi) is 5.19. The van der Waals surface area contributed by atoms with Crippen molar-refractivity contribution >= 4 is 15.8 Å². The van der Waals surface area contributed by atoms with Crippen LogP contribution in [0.3, 0.4) is 0 Å². The van der Waals surface area contributed by atoms with Crippen molar-refractivity contribution in [3.05, 3.63) is 0 Å². The molecule has 0 spiro atoms. The summed E-state index contributed by atoms with van der Waals surface area (Å²) < 4.78 is 23.2. The Morgan fingerprint density at radius 2 is 1.70 bits per heavy atom. The van der Waals surface area contributed by atoms with Crippen LogP contribution in [0.15, 0.2) is 4.99 Å². The summed E-state index contributed by atoms with van der Waals surface area (Å²) in [5, 5.41) is 7.11. The average Bonchev–Trinajstić information content (AvgIpc) is 3.23. The van der Waals surface area contributed by atoms with Gasteiger partial charge in [0, 0.05) is 18.6 Å². The fraction of sp³-hybridized carbons (Fsp3) is 0.941. The van der Waals surface area contributed by atoms with E-state index in [1.807, 2.05) is 0 Å². The molecule has 0 aromatic rings. The van der Waals surface area contributed by atoms with Crippen LogP contribution in [0.4, 0.5) is 0 Å². The number of hydrogen-bond acceptors (Lipinski definition) is 3. The quantitative estimate of drug-likeness (QED) is 0.606. The molecular formula is C17H31N3O2S. The summed E-state index contributed by atoms with van der Waals surface area (Å²) in [5.74, 6) is 3.32. The number of aliphatic imine (C=N–C) groups is 1. The second kappa shape index (κ2) is 6.99. The molecule has 1 heterocycles. The number of hydrogen-bond donors (Lipinski definition) is 2. The van der Waals surface area contributed by atoms with Gasteiger partial charge in [-0.05, 0) is 56.3 Å². The zero-order chi connectivity index (χ0) is 16.4. The second-order valence-corrected chi connectivity index (χ2v) is 10.2. The Balaban J connectivity index is 1.55. The summed E-state index contributed by atoms with van der Waals surface area (Å²) in [5.41, 5.74) is 0. The molecule has 0 aromatic heterocycles. The highest BCUT2D eigenvalue weighted by Crippen LogP contribution is 2.29. The fourth-order valence-corrected chi connectivity index (χ4v) is 5.51. The molecule has 4 atom stereocenters. The van der Waals surface area contributed by atoms with Crippen LogP contribution in [0.5, 0.6) is 0 Å². The SMILES string of the molecule is CC1CCC(NC(=NCC2CCS(=O)(=O)C2)NC2CC2)CC1C. The minimum absolute atomic E-state index is 0.197. The lowest BCUT2D eigenvalue weighted by Crippen LogP contribution is -2.47. The Labute approximate surface area is 140 Å². The molecule has 2 saturated carbocycles. The van der Waals surface area contributed by atoms with Crippen LogP contribution < -0.4 is 10.6 Å². The highest BCUT2D eigenvalue weighted by molar-refractivity contribution is 7.91. The number of sulfone groups is 1. The van der Waals surface area contributed by atoms with Crippen LogP contribution in [-0.4, -0.2) is 44.5 Å². The Hall–Kier alpha value is -0.780. The van der Waals surface area contributed by atoms with Gasteiger partial charge in [0.05, 0.1) is 11.5 Å². The lowest BCUT2D eigenvalue weighted by Gasteiger charge is -2.33. The number of nitrogens with zero attached hydrogens (tertiary/aromatic N) is 1. The van der Waals surface area contributed by atoms with Crippen LogP contribution in [-0.2, 0) is 9.84 Å². The van der Waals surface area contributed by atoms with Gasteiger partial charge in [-0.2, -0.15) is 0 Å². The highest BCUT2D eigenvalue weighted by Gasteiger charge is 2.29. The largest absolute Gasteiger partial charge is 0.354 e. The van der Waals surface area contributed by atoms with Crippen molar-refractivity contribution in [1.29, 1.82) is 0 Å². The van der Waals surface area contributed by atoms with E-state index in [1.165, 1.54) is 32.1 Å². The van der Waals surface area contributed by atoms with Crippen LogP contribution in [0.2, 0.25) is 0 Å². The predicted octanol–water partition coefficient (Wildman–Crippen LogP) is 1.94. The maximum Gasteiger partial charge on any atom is 0.191 e. The summed E-state index contributed by atoms with van der Waals surface area (Å²) in [6.45, 7) is 5.31.